The Hall–Kier alpha value is -0.160. The van der Waals surface area contributed by atoms with Gasteiger partial charge in [-0.05, 0) is 18.8 Å². The van der Waals surface area contributed by atoms with Crippen molar-refractivity contribution in [1.82, 2.24) is 0 Å². The second kappa shape index (κ2) is 7.17. The molecule has 86 valence electrons. The van der Waals surface area contributed by atoms with Crippen LogP contribution in [0.4, 0.5) is 0 Å². The zero-order valence-electron chi connectivity index (χ0n) is 9.44. The van der Waals surface area contributed by atoms with Crippen molar-refractivity contribution in [3.63, 3.8) is 0 Å². The first-order chi connectivity index (χ1) is 6.47. The summed E-state index contributed by atoms with van der Waals surface area (Å²) >= 11 is 0. The fourth-order valence-corrected chi connectivity index (χ4v) is 1.12. The first-order valence-corrected chi connectivity index (χ1v) is 5.28. The molecule has 0 aromatic carbocycles. The molecule has 14 heavy (non-hydrogen) atoms. The van der Waals surface area contributed by atoms with E-state index in [1.54, 1.807) is 0 Å². The van der Waals surface area contributed by atoms with Crippen molar-refractivity contribution in [1.29, 1.82) is 0 Å². The molecule has 4 nitrogen and oxygen atoms in total. The van der Waals surface area contributed by atoms with Crippen LogP contribution in [0.5, 0.6) is 0 Å². The van der Waals surface area contributed by atoms with Crippen LogP contribution in [-0.4, -0.2) is 30.1 Å². The summed E-state index contributed by atoms with van der Waals surface area (Å²) in [6, 6.07) is -0.338. The van der Waals surface area contributed by atoms with Crippen LogP contribution in [0.1, 0.15) is 33.6 Å². The quantitative estimate of drug-likeness (QED) is 0.525. The lowest BCUT2D eigenvalue weighted by Gasteiger charge is -2.22. The summed E-state index contributed by atoms with van der Waals surface area (Å²) in [7, 11) is 0. The molecule has 0 aliphatic heterocycles. The smallest absolute Gasteiger partial charge is 0.169 e. The van der Waals surface area contributed by atoms with Crippen LogP contribution < -0.4 is 11.5 Å². The van der Waals surface area contributed by atoms with E-state index >= 15 is 0 Å². The summed E-state index contributed by atoms with van der Waals surface area (Å²) in [4.78, 5) is 0. The largest absolute Gasteiger partial charge is 0.367 e. The zero-order valence-corrected chi connectivity index (χ0v) is 9.44. The van der Waals surface area contributed by atoms with E-state index in [0.29, 0.717) is 12.5 Å². The molecule has 1 unspecified atom stereocenters. The highest BCUT2D eigenvalue weighted by atomic mass is 16.6. The molecule has 0 spiro atoms. The maximum absolute atomic E-state index is 9.51. The van der Waals surface area contributed by atoms with Gasteiger partial charge in [-0.1, -0.05) is 20.8 Å². The molecule has 0 bridgehead atoms. The van der Waals surface area contributed by atoms with Gasteiger partial charge in [-0.2, -0.15) is 0 Å². The van der Waals surface area contributed by atoms with Crippen LogP contribution in [0.2, 0.25) is 0 Å². The second-order valence-electron chi connectivity index (χ2n) is 4.19. The SMILES string of the molecule is CC[C@H](N)COC(O)[C@@H](N)CC(C)C. The molecular formula is C10H24N2O2. The van der Waals surface area contributed by atoms with E-state index in [4.69, 9.17) is 16.2 Å². The van der Waals surface area contributed by atoms with Gasteiger partial charge >= 0.3 is 0 Å². The topological polar surface area (TPSA) is 81.5 Å². The Balaban J connectivity index is 3.66. The number of ether oxygens (including phenoxy) is 1. The molecular weight excluding hydrogens is 180 g/mol. The Morgan fingerprint density at radius 2 is 1.86 bits per heavy atom. The van der Waals surface area contributed by atoms with E-state index in [2.05, 4.69) is 13.8 Å². The van der Waals surface area contributed by atoms with E-state index in [9.17, 15) is 5.11 Å². The molecule has 4 heteroatoms. The van der Waals surface area contributed by atoms with Gasteiger partial charge in [0.2, 0.25) is 0 Å². The summed E-state index contributed by atoms with van der Waals surface area (Å²) < 4.78 is 5.16. The maximum Gasteiger partial charge on any atom is 0.169 e. The standard InChI is InChI=1S/C10H24N2O2/c1-4-8(11)6-14-10(13)9(12)5-7(2)3/h7-10,13H,4-6,11-12H2,1-3H3/t8-,9-,10?/m0/s1. The second-order valence-corrected chi connectivity index (χ2v) is 4.19. The maximum atomic E-state index is 9.51. The molecule has 0 heterocycles. The highest BCUT2D eigenvalue weighted by Crippen LogP contribution is 2.07. The minimum atomic E-state index is -0.894. The van der Waals surface area contributed by atoms with E-state index < -0.39 is 6.29 Å². The highest BCUT2D eigenvalue weighted by Gasteiger charge is 2.17. The van der Waals surface area contributed by atoms with Crippen LogP contribution in [0.15, 0.2) is 0 Å². The van der Waals surface area contributed by atoms with Gasteiger partial charge in [0.15, 0.2) is 6.29 Å². The third kappa shape index (κ3) is 6.32. The van der Waals surface area contributed by atoms with Crippen molar-refractivity contribution in [2.75, 3.05) is 6.61 Å². The fourth-order valence-electron chi connectivity index (χ4n) is 1.12. The predicted molar refractivity (Wildman–Crippen MR) is 57.7 cm³/mol. The van der Waals surface area contributed by atoms with Gasteiger partial charge in [0, 0.05) is 6.04 Å². The fraction of sp³-hybridized carbons (Fsp3) is 1.00. The Labute approximate surface area is 86.6 Å². The van der Waals surface area contributed by atoms with Gasteiger partial charge in [0.05, 0.1) is 12.6 Å². The van der Waals surface area contributed by atoms with Gasteiger partial charge < -0.3 is 21.3 Å². The summed E-state index contributed by atoms with van der Waals surface area (Å²) in [5.74, 6) is 0.461. The highest BCUT2D eigenvalue weighted by molar-refractivity contribution is 4.67. The predicted octanol–water partition coefficient (Wildman–Crippen LogP) is 0.432. The van der Waals surface area contributed by atoms with Crippen molar-refractivity contribution < 1.29 is 9.84 Å². The minimum absolute atomic E-state index is 0.0177. The Morgan fingerprint density at radius 1 is 1.29 bits per heavy atom. The molecule has 0 saturated heterocycles. The molecule has 0 rings (SSSR count). The number of hydrogen-bond acceptors (Lipinski definition) is 4. The monoisotopic (exact) mass is 204 g/mol. The molecule has 3 atom stereocenters. The van der Waals surface area contributed by atoms with Crippen molar-refractivity contribution in [3.8, 4) is 0 Å². The van der Waals surface area contributed by atoms with Crippen LogP contribution in [0, 0.1) is 5.92 Å². The first kappa shape index (κ1) is 13.8. The summed E-state index contributed by atoms with van der Waals surface area (Å²) in [6.45, 7) is 6.46. The Kier molecular flexibility index (Phi) is 7.09. The molecule has 0 amide bonds. The van der Waals surface area contributed by atoms with Crippen molar-refractivity contribution in [2.24, 2.45) is 17.4 Å². The van der Waals surface area contributed by atoms with E-state index in [1.165, 1.54) is 0 Å². The van der Waals surface area contributed by atoms with Gasteiger partial charge in [-0.15, -0.1) is 0 Å². The van der Waals surface area contributed by atoms with Crippen LogP contribution in [0.3, 0.4) is 0 Å². The molecule has 0 aromatic heterocycles. The zero-order chi connectivity index (χ0) is 11.1. The summed E-state index contributed by atoms with van der Waals surface area (Å²) in [5, 5.41) is 9.51. The van der Waals surface area contributed by atoms with Gasteiger partial charge in [0.1, 0.15) is 0 Å². The first-order valence-electron chi connectivity index (χ1n) is 5.28. The number of nitrogens with two attached hydrogens (primary N) is 2. The molecule has 5 N–H and O–H groups in total. The average Bonchev–Trinajstić information content (AvgIpc) is 2.12. The Bertz CT molecular complexity index is 142. The normalized spacial score (nSPS) is 18.2. The number of rotatable bonds is 7. The number of aliphatic hydroxyl groups is 1. The van der Waals surface area contributed by atoms with Crippen molar-refractivity contribution in [2.45, 2.75) is 52.0 Å². The third-order valence-electron chi connectivity index (χ3n) is 2.12. The van der Waals surface area contributed by atoms with Gasteiger partial charge in [0.25, 0.3) is 0 Å². The Morgan fingerprint density at radius 3 is 2.29 bits per heavy atom. The lowest BCUT2D eigenvalue weighted by Crippen LogP contribution is -2.40. The van der Waals surface area contributed by atoms with Crippen LogP contribution in [-0.2, 0) is 4.74 Å². The molecule has 0 radical (unpaired) electrons. The van der Waals surface area contributed by atoms with Crippen LogP contribution >= 0.6 is 0 Å². The van der Waals surface area contributed by atoms with Crippen molar-refractivity contribution in [3.05, 3.63) is 0 Å². The summed E-state index contributed by atoms with van der Waals surface area (Å²) in [6.07, 6.45) is 0.698. The average molecular weight is 204 g/mol. The van der Waals surface area contributed by atoms with Crippen molar-refractivity contribution >= 4 is 0 Å². The molecule has 0 aromatic rings. The summed E-state index contributed by atoms with van der Waals surface area (Å²) in [5.41, 5.74) is 11.4. The number of hydrogen-bond donors (Lipinski definition) is 3. The van der Waals surface area contributed by atoms with E-state index in [1.807, 2.05) is 6.92 Å². The lowest BCUT2D eigenvalue weighted by molar-refractivity contribution is -0.119. The molecule has 0 aliphatic carbocycles. The molecule has 0 fully saturated rings. The molecule has 0 saturated carbocycles. The molecule has 0 aliphatic rings. The lowest BCUT2D eigenvalue weighted by atomic mass is 10.0. The van der Waals surface area contributed by atoms with Gasteiger partial charge in [-0.3, -0.25) is 0 Å². The minimum Gasteiger partial charge on any atom is -0.367 e. The van der Waals surface area contributed by atoms with E-state index in [0.717, 1.165) is 12.8 Å². The van der Waals surface area contributed by atoms with E-state index in [-0.39, 0.29) is 12.1 Å². The van der Waals surface area contributed by atoms with Gasteiger partial charge in [-0.25, -0.2) is 0 Å². The third-order valence-corrected chi connectivity index (χ3v) is 2.12. The van der Waals surface area contributed by atoms with Crippen LogP contribution in [0.25, 0.3) is 0 Å². The number of aliphatic hydroxyl groups excluding tert-OH is 1.